The fourth-order valence-corrected chi connectivity index (χ4v) is 4.57. The molecule has 3 aromatic rings. The molecule has 3 heterocycles. The van der Waals surface area contributed by atoms with Gasteiger partial charge in [0.05, 0.1) is 11.3 Å². The number of rotatable bonds is 5. The lowest BCUT2D eigenvalue weighted by molar-refractivity contribution is -0.137. The first kappa shape index (κ1) is 23.0. The molecule has 0 aliphatic carbocycles. The van der Waals surface area contributed by atoms with E-state index >= 15 is 0 Å². The van der Waals surface area contributed by atoms with Crippen molar-refractivity contribution < 1.29 is 21.6 Å². The van der Waals surface area contributed by atoms with E-state index in [0.717, 1.165) is 25.2 Å². The van der Waals surface area contributed by atoms with Crippen molar-refractivity contribution >= 4 is 21.7 Å². The zero-order valence-corrected chi connectivity index (χ0v) is 18.5. The van der Waals surface area contributed by atoms with Gasteiger partial charge in [-0.1, -0.05) is 30.3 Å². The normalized spacial score (nSPS) is 14.8. The standard InChI is InChI=1S/C22H22F3N5O2S/c1-15-5-2-3-6-16(15)21-17(22(23,24)25)9-10-18(27-21)29-33(31,32)20-8-4-7-19(28-20)30-13-11-26-12-14-30/h2-10,26H,11-14H2,1H3,(H,27,29). The zero-order chi connectivity index (χ0) is 23.6. The molecule has 0 atom stereocenters. The number of halogens is 3. The number of benzene rings is 1. The number of hydrogen-bond acceptors (Lipinski definition) is 6. The maximum atomic E-state index is 13.6. The number of piperazine rings is 1. The Morgan fingerprint density at radius 3 is 2.39 bits per heavy atom. The Morgan fingerprint density at radius 1 is 0.970 bits per heavy atom. The Labute approximate surface area is 189 Å². The van der Waals surface area contributed by atoms with Gasteiger partial charge in [-0.3, -0.25) is 4.72 Å². The smallest absolute Gasteiger partial charge is 0.354 e. The van der Waals surface area contributed by atoms with Gasteiger partial charge in [-0.15, -0.1) is 0 Å². The maximum Gasteiger partial charge on any atom is 0.418 e. The number of nitrogens with one attached hydrogen (secondary N) is 2. The van der Waals surface area contributed by atoms with Crippen molar-refractivity contribution in [2.45, 2.75) is 18.1 Å². The Kier molecular flexibility index (Phi) is 6.26. The van der Waals surface area contributed by atoms with E-state index in [9.17, 15) is 21.6 Å². The van der Waals surface area contributed by atoms with Gasteiger partial charge in [0.25, 0.3) is 10.0 Å². The predicted octanol–water partition coefficient (Wildman–Crippen LogP) is 3.68. The molecule has 11 heteroatoms. The average molecular weight is 478 g/mol. The number of nitrogens with zero attached hydrogens (tertiary/aromatic N) is 3. The lowest BCUT2D eigenvalue weighted by atomic mass is 10.0. The van der Waals surface area contributed by atoms with Gasteiger partial charge >= 0.3 is 6.18 Å². The van der Waals surface area contributed by atoms with E-state index in [-0.39, 0.29) is 22.1 Å². The van der Waals surface area contributed by atoms with E-state index < -0.39 is 21.8 Å². The van der Waals surface area contributed by atoms with Gasteiger partial charge in [0.1, 0.15) is 11.6 Å². The first-order chi connectivity index (χ1) is 15.6. The van der Waals surface area contributed by atoms with Gasteiger partial charge in [0.15, 0.2) is 5.03 Å². The van der Waals surface area contributed by atoms with Crippen LogP contribution in [0.2, 0.25) is 0 Å². The second-order valence-corrected chi connectivity index (χ2v) is 9.21. The summed E-state index contributed by atoms with van der Waals surface area (Å²) in [5.74, 6) is 0.288. The molecule has 1 aromatic carbocycles. The van der Waals surface area contributed by atoms with E-state index in [0.29, 0.717) is 24.5 Å². The molecule has 2 aromatic heterocycles. The lowest BCUT2D eigenvalue weighted by Crippen LogP contribution is -2.44. The molecule has 1 saturated heterocycles. The molecule has 7 nitrogen and oxygen atoms in total. The number of alkyl halides is 3. The van der Waals surface area contributed by atoms with Gasteiger partial charge in [0, 0.05) is 31.7 Å². The van der Waals surface area contributed by atoms with Crippen LogP contribution < -0.4 is 14.9 Å². The average Bonchev–Trinajstić information content (AvgIpc) is 2.79. The molecule has 0 spiro atoms. The number of sulfonamides is 1. The molecule has 0 amide bonds. The lowest BCUT2D eigenvalue weighted by Gasteiger charge is -2.28. The van der Waals surface area contributed by atoms with Crippen LogP contribution >= 0.6 is 0 Å². The van der Waals surface area contributed by atoms with Gasteiger partial charge < -0.3 is 10.2 Å². The number of pyridine rings is 2. The van der Waals surface area contributed by atoms with Gasteiger partial charge in [0.2, 0.25) is 0 Å². The van der Waals surface area contributed by atoms with E-state index in [1.807, 2.05) is 4.90 Å². The minimum Gasteiger partial charge on any atom is -0.354 e. The highest BCUT2D eigenvalue weighted by Crippen LogP contribution is 2.38. The van der Waals surface area contributed by atoms with Gasteiger partial charge in [-0.05, 0) is 36.8 Å². The maximum absolute atomic E-state index is 13.6. The first-order valence-electron chi connectivity index (χ1n) is 10.2. The topological polar surface area (TPSA) is 87.2 Å². The van der Waals surface area contributed by atoms with Crippen molar-refractivity contribution in [1.29, 1.82) is 0 Å². The predicted molar refractivity (Wildman–Crippen MR) is 120 cm³/mol. The van der Waals surface area contributed by atoms with Crippen molar-refractivity contribution in [3.05, 3.63) is 65.7 Å². The molecule has 4 rings (SSSR count). The molecule has 0 unspecified atom stereocenters. The van der Waals surface area contributed by atoms with Crippen LogP contribution in [0.3, 0.4) is 0 Å². The summed E-state index contributed by atoms with van der Waals surface area (Å²) in [5.41, 5.74) is -0.437. The van der Waals surface area contributed by atoms with Crippen LogP contribution in [0.5, 0.6) is 0 Å². The Balaban J connectivity index is 1.69. The summed E-state index contributed by atoms with van der Waals surface area (Å²) in [4.78, 5) is 10.3. The SMILES string of the molecule is Cc1ccccc1-c1nc(NS(=O)(=O)c2cccc(N3CCNCC3)n2)ccc1C(F)(F)F. The summed E-state index contributed by atoms with van der Waals surface area (Å²) in [6.07, 6.45) is -4.65. The summed E-state index contributed by atoms with van der Waals surface area (Å²) in [6.45, 7) is 4.55. The Bertz CT molecular complexity index is 1260. The summed E-state index contributed by atoms with van der Waals surface area (Å²) >= 11 is 0. The highest BCUT2D eigenvalue weighted by molar-refractivity contribution is 7.92. The molecule has 174 valence electrons. The minimum absolute atomic E-state index is 0.226. The van der Waals surface area contributed by atoms with Crippen molar-refractivity contribution in [1.82, 2.24) is 15.3 Å². The third-order valence-corrected chi connectivity index (χ3v) is 6.52. The van der Waals surface area contributed by atoms with Crippen LogP contribution in [-0.2, 0) is 16.2 Å². The highest BCUT2D eigenvalue weighted by atomic mass is 32.2. The van der Waals surface area contributed by atoms with Crippen LogP contribution in [0.15, 0.2) is 59.6 Å². The second-order valence-electron chi connectivity index (χ2n) is 7.58. The molecular weight excluding hydrogens is 455 g/mol. The minimum atomic E-state index is -4.65. The summed E-state index contributed by atoms with van der Waals surface area (Å²) in [5, 5.41) is 2.97. The molecule has 1 fully saturated rings. The van der Waals surface area contributed by atoms with Crippen molar-refractivity contribution in [2.75, 3.05) is 35.8 Å². The van der Waals surface area contributed by atoms with Gasteiger partial charge in [-0.2, -0.15) is 21.6 Å². The number of aryl methyl sites for hydroxylation is 1. The monoisotopic (exact) mass is 477 g/mol. The molecule has 1 aliphatic rings. The van der Waals surface area contributed by atoms with Crippen molar-refractivity contribution in [2.24, 2.45) is 0 Å². The molecule has 0 radical (unpaired) electrons. The first-order valence-corrected chi connectivity index (χ1v) is 11.7. The van der Waals surface area contributed by atoms with E-state index in [2.05, 4.69) is 20.0 Å². The van der Waals surface area contributed by atoms with E-state index in [1.165, 1.54) is 12.1 Å². The van der Waals surface area contributed by atoms with Crippen LogP contribution in [-0.4, -0.2) is 44.6 Å². The van der Waals surface area contributed by atoms with Crippen LogP contribution in [0.4, 0.5) is 24.8 Å². The Hall–Kier alpha value is -3.18. The van der Waals surface area contributed by atoms with Crippen LogP contribution in [0.25, 0.3) is 11.3 Å². The molecule has 33 heavy (non-hydrogen) atoms. The summed E-state index contributed by atoms with van der Waals surface area (Å²) < 4.78 is 69.1. The van der Waals surface area contributed by atoms with E-state index in [4.69, 9.17) is 0 Å². The second kappa shape index (κ2) is 8.99. The number of anilines is 2. The fraction of sp³-hybridized carbons (Fsp3) is 0.273. The summed E-state index contributed by atoms with van der Waals surface area (Å²) in [6, 6.07) is 13.0. The Morgan fingerprint density at radius 2 is 1.70 bits per heavy atom. The molecule has 0 bridgehead atoms. The quantitative estimate of drug-likeness (QED) is 0.583. The number of aromatic nitrogens is 2. The third kappa shape index (κ3) is 5.09. The highest BCUT2D eigenvalue weighted by Gasteiger charge is 2.35. The summed E-state index contributed by atoms with van der Waals surface area (Å²) in [7, 11) is -4.18. The zero-order valence-electron chi connectivity index (χ0n) is 17.7. The fourth-order valence-electron chi connectivity index (χ4n) is 3.60. The molecular formula is C22H22F3N5O2S. The van der Waals surface area contributed by atoms with Crippen LogP contribution in [0, 0.1) is 6.92 Å². The largest absolute Gasteiger partial charge is 0.418 e. The van der Waals surface area contributed by atoms with Gasteiger partial charge in [-0.25, -0.2) is 9.97 Å². The van der Waals surface area contributed by atoms with E-state index in [1.54, 1.807) is 37.3 Å². The van der Waals surface area contributed by atoms with Crippen molar-refractivity contribution in [3.8, 4) is 11.3 Å². The van der Waals surface area contributed by atoms with Crippen molar-refractivity contribution in [3.63, 3.8) is 0 Å². The molecule has 2 N–H and O–H groups in total. The van der Waals surface area contributed by atoms with Crippen LogP contribution in [0.1, 0.15) is 11.1 Å². The molecule has 0 saturated carbocycles. The molecule has 1 aliphatic heterocycles. The third-order valence-electron chi connectivity index (χ3n) is 5.26. The number of hydrogen-bond donors (Lipinski definition) is 2.